The Morgan fingerprint density at radius 3 is 2.54 bits per heavy atom. The molecule has 2 aromatic rings. The fourth-order valence-electron chi connectivity index (χ4n) is 2.82. The van der Waals surface area contributed by atoms with Gasteiger partial charge < -0.3 is 19.0 Å². The zero-order chi connectivity index (χ0) is 18.5. The van der Waals surface area contributed by atoms with Crippen molar-refractivity contribution in [1.82, 2.24) is 9.80 Å². The van der Waals surface area contributed by atoms with Crippen LogP contribution >= 0.6 is 15.9 Å². The molecule has 1 fully saturated rings. The minimum Gasteiger partial charge on any atom is -0.486 e. The lowest BCUT2D eigenvalue weighted by atomic mass is 10.2. The second-order valence-electron chi connectivity index (χ2n) is 6.04. The molecule has 2 amide bonds. The molecule has 3 rings (SSSR count). The zero-order valence-corrected chi connectivity index (χ0v) is 16.2. The third-order valence-electron chi connectivity index (χ3n) is 4.27. The van der Waals surface area contributed by atoms with Crippen LogP contribution in [0.1, 0.15) is 29.7 Å². The number of hydrogen-bond acceptors (Lipinski definition) is 4. The second kappa shape index (κ2) is 8.40. The van der Waals surface area contributed by atoms with Crippen LogP contribution in [0.2, 0.25) is 0 Å². The van der Waals surface area contributed by atoms with Crippen LogP contribution in [0.15, 0.2) is 45.3 Å². The minimum absolute atomic E-state index is 0.127. The van der Waals surface area contributed by atoms with Crippen molar-refractivity contribution in [3.05, 3.63) is 52.4 Å². The number of nitrogens with zero attached hydrogens (tertiary/aromatic N) is 2. The van der Waals surface area contributed by atoms with Crippen LogP contribution in [0.5, 0.6) is 5.75 Å². The molecule has 0 saturated carbocycles. The lowest BCUT2D eigenvalue weighted by Crippen LogP contribution is -2.50. The quantitative estimate of drug-likeness (QED) is 0.743. The average Bonchev–Trinajstić information content (AvgIpc) is 3.14. The number of ether oxygens (including phenoxy) is 1. The highest BCUT2D eigenvalue weighted by Gasteiger charge is 2.25. The summed E-state index contributed by atoms with van der Waals surface area (Å²) in [5, 5.41) is 0. The van der Waals surface area contributed by atoms with Crippen LogP contribution in [0.25, 0.3) is 0 Å². The molecule has 26 heavy (non-hydrogen) atoms. The molecular weight excluding hydrogens is 400 g/mol. The standard InChI is InChI=1S/C19H21BrN2O4/c1-2-18(23)21-8-10-22(11-9-21)19(24)17-7-6-16(26-17)13-25-15-5-3-4-14(20)12-15/h3-7,12H,2,8-11,13H2,1H3. The number of amides is 2. The summed E-state index contributed by atoms with van der Waals surface area (Å²) in [6, 6.07) is 11.0. The molecule has 1 saturated heterocycles. The van der Waals surface area contributed by atoms with Gasteiger partial charge in [0.05, 0.1) is 0 Å². The fraction of sp³-hybridized carbons (Fsp3) is 0.368. The molecule has 0 atom stereocenters. The van der Waals surface area contributed by atoms with E-state index in [0.29, 0.717) is 44.1 Å². The van der Waals surface area contributed by atoms with Gasteiger partial charge >= 0.3 is 0 Å². The van der Waals surface area contributed by atoms with Crippen molar-refractivity contribution in [2.75, 3.05) is 26.2 Å². The summed E-state index contributed by atoms with van der Waals surface area (Å²) in [6.45, 7) is 4.28. The Morgan fingerprint density at radius 2 is 1.85 bits per heavy atom. The average molecular weight is 421 g/mol. The van der Waals surface area contributed by atoms with E-state index in [2.05, 4.69) is 15.9 Å². The van der Waals surface area contributed by atoms with E-state index >= 15 is 0 Å². The van der Waals surface area contributed by atoms with Gasteiger partial charge in [-0.1, -0.05) is 28.9 Å². The maximum absolute atomic E-state index is 12.6. The highest BCUT2D eigenvalue weighted by molar-refractivity contribution is 9.10. The molecular formula is C19H21BrN2O4. The molecule has 1 aliphatic rings. The normalized spacial score (nSPS) is 14.4. The van der Waals surface area contributed by atoms with E-state index in [-0.39, 0.29) is 18.4 Å². The van der Waals surface area contributed by atoms with Gasteiger partial charge in [-0.2, -0.15) is 0 Å². The molecule has 6 nitrogen and oxygen atoms in total. The molecule has 7 heteroatoms. The Kier molecular flexibility index (Phi) is 5.98. The Bertz CT molecular complexity index is 781. The maximum Gasteiger partial charge on any atom is 0.289 e. The lowest BCUT2D eigenvalue weighted by molar-refractivity contribution is -0.132. The molecule has 138 valence electrons. The third-order valence-corrected chi connectivity index (χ3v) is 4.76. The lowest BCUT2D eigenvalue weighted by Gasteiger charge is -2.34. The minimum atomic E-state index is -0.151. The largest absolute Gasteiger partial charge is 0.486 e. The number of furan rings is 1. The number of hydrogen-bond donors (Lipinski definition) is 0. The maximum atomic E-state index is 12.6. The number of piperazine rings is 1. The second-order valence-corrected chi connectivity index (χ2v) is 6.95. The Labute approximate surface area is 160 Å². The monoisotopic (exact) mass is 420 g/mol. The van der Waals surface area contributed by atoms with Gasteiger partial charge in [0.25, 0.3) is 5.91 Å². The van der Waals surface area contributed by atoms with E-state index < -0.39 is 0 Å². The Hall–Kier alpha value is -2.28. The smallest absolute Gasteiger partial charge is 0.289 e. The first kappa shape index (κ1) is 18.5. The van der Waals surface area contributed by atoms with Crippen molar-refractivity contribution >= 4 is 27.7 Å². The van der Waals surface area contributed by atoms with E-state index in [9.17, 15) is 9.59 Å². The molecule has 1 aliphatic heterocycles. The molecule has 0 bridgehead atoms. The van der Waals surface area contributed by atoms with E-state index in [1.807, 2.05) is 31.2 Å². The number of carbonyl (C=O) groups excluding carboxylic acids is 2. The first-order chi connectivity index (χ1) is 12.6. The van der Waals surface area contributed by atoms with E-state index in [4.69, 9.17) is 9.15 Å². The van der Waals surface area contributed by atoms with Gasteiger partial charge in [0, 0.05) is 37.1 Å². The summed E-state index contributed by atoms with van der Waals surface area (Å²) in [5.41, 5.74) is 0. The fourth-order valence-corrected chi connectivity index (χ4v) is 3.20. The van der Waals surface area contributed by atoms with Crippen LogP contribution < -0.4 is 4.74 Å². The first-order valence-corrected chi connectivity index (χ1v) is 9.40. The van der Waals surface area contributed by atoms with Crippen LogP contribution in [0, 0.1) is 0 Å². The highest BCUT2D eigenvalue weighted by Crippen LogP contribution is 2.20. The van der Waals surface area contributed by atoms with Crippen LogP contribution in [0.4, 0.5) is 0 Å². The molecule has 1 aromatic heterocycles. The van der Waals surface area contributed by atoms with Gasteiger partial charge in [0.2, 0.25) is 5.91 Å². The third kappa shape index (κ3) is 4.46. The zero-order valence-electron chi connectivity index (χ0n) is 14.6. The molecule has 1 aromatic carbocycles. The van der Waals surface area contributed by atoms with Gasteiger partial charge in [0.15, 0.2) is 5.76 Å². The Balaban J connectivity index is 1.54. The van der Waals surface area contributed by atoms with E-state index in [1.54, 1.807) is 21.9 Å². The molecule has 2 heterocycles. The van der Waals surface area contributed by atoms with Crippen molar-refractivity contribution in [2.45, 2.75) is 20.0 Å². The summed E-state index contributed by atoms with van der Waals surface area (Å²) in [4.78, 5) is 27.8. The van der Waals surface area contributed by atoms with Crippen molar-refractivity contribution in [2.24, 2.45) is 0 Å². The molecule has 0 N–H and O–H groups in total. The molecule has 0 radical (unpaired) electrons. The van der Waals surface area contributed by atoms with Gasteiger partial charge in [-0.05, 0) is 30.3 Å². The van der Waals surface area contributed by atoms with Crippen molar-refractivity contribution in [3.63, 3.8) is 0 Å². The summed E-state index contributed by atoms with van der Waals surface area (Å²) in [7, 11) is 0. The van der Waals surface area contributed by atoms with Gasteiger partial charge in [-0.15, -0.1) is 0 Å². The topological polar surface area (TPSA) is 63.0 Å². The number of halogens is 1. The van der Waals surface area contributed by atoms with Crippen LogP contribution in [-0.2, 0) is 11.4 Å². The number of carbonyl (C=O) groups is 2. The summed E-state index contributed by atoms with van der Waals surface area (Å²) >= 11 is 3.40. The summed E-state index contributed by atoms with van der Waals surface area (Å²) in [6.07, 6.45) is 0.494. The molecule has 0 unspecified atom stereocenters. The van der Waals surface area contributed by atoms with E-state index in [1.165, 1.54) is 0 Å². The van der Waals surface area contributed by atoms with Gasteiger partial charge in [-0.25, -0.2) is 0 Å². The number of benzene rings is 1. The number of rotatable bonds is 5. The van der Waals surface area contributed by atoms with Gasteiger partial charge in [0.1, 0.15) is 18.1 Å². The van der Waals surface area contributed by atoms with Crippen molar-refractivity contribution in [3.8, 4) is 5.75 Å². The Morgan fingerprint density at radius 1 is 1.12 bits per heavy atom. The molecule has 0 spiro atoms. The molecule has 0 aliphatic carbocycles. The van der Waals surface area contributed by atoms with Crippen LogP contribution in [-0.4, -0.2) is 47.8 Å². The van der Waals surface area contributed by atoms with E-state index in [0.717, 1.165) is 10.2 Å². The first-order valence-electron chi connectivity index (χ1n) is 8.61. The van der Waals surface area contributed by atoms with Crippen LogP contribution in [0.3, 0.4) is 0 Å². The van der Waals surface area contributed by atoms with Crippen molar-refractivity contribution < 1.29 is 18.7 Å². The predicted molar refractivity (Wildman–Crippen MR) is 100.0 cm³/mol. The SMILES string of the molecule is CCC(=O)N1CCN(C(=O)c2ccc(COc3cccc(Br)c3)o2)CC1. The highest BCUT2D eigenvalue weighted by atomic mass is 79.9. The van der Waals surface area contributed by atoms with Gasteiger partial charge in [-0.3, -0.25) is 9.59 Å². The summed E-state index contributed by atoms with van der Waals surface area (Å²) in [5.74, 6) is 1.59. The summed E-state index contributed by atoms with van der Waals surface area (Å²) < 4.78 is 12.2. The predicted octanol–water partition coefficient (Wildman–Crippen LogP) is 3.32. The van der Waals surface area contributed by atoms with Crippen molar-refractivity contribution in [1.29, 1.82) is 0 Å².